The lowest BCUT2D eigenvalue weighted by molar-refractivity contribution is 0.0843. The first-order valence-electron chi connectivity index (χ1n) is 5.66. The molecule has 1 saturated heterocycles. The lowest BCUT2D eigenvalue weighted by Gasteiger charge is -2.20. The van der Waals surface area contributed by atoms with Crippen LogP contribution in [0.1, 0.15) is 24.5 Å². The van der Waals surface area contributed by atoms with Gasteiger partial charge in [-0.05, 0) is 25.0 Å². The molecule has 0 atom stereocenters. The van der Waals surface area contributed by atoms with E-state index >= 15 is 0 Å². The number of rotatable bonds is 4. The highest BCUT2D eigenvalue weighted by atomic mass is 16.5. The third kappa shape index (κ3) is 2.90. The van der Waals surface area contributed by atoms with Gasteiger partial charge in [-0.2, -0.15) is 5.10 Å². The van der Waals surface area contributed by atoms with Crippen LogP contribution in [0.5, 0.6) is 0 Å². The van der Waals surface area contributed by atoms with E-state index in [4.69, 9.17) is 9.84 Å². The minimum absolute atomic E-state index is 0.101. The highest BCUT2D eigenvalue weighted by Crippen LogP contribution is 2.24. The maximum atomic E-state index is 8.66. The Morgan fingerprint density at radius 2 is 2.12 bits per heavy atom. The molecule has 0 amide bonds. The van der Waals surface area contributed by atoms with Crippen molar-refractivity contribution in [1.29, 1.82) is 0 Å². The first-order chi connectivity index (χ1) is 7.90. The maximum absolute atomic E-state index is 8.66. The van der Waals surface area contributed by atoms with Crippen LogP contribution in [0.25, 0.3) is 0 Å². The number of aliphatic hydroxyl groups is 1. The molecule has 0 saturated carbocycles. The van der Waals surface area contributed by atoms with Crippen LogP contribution in [0.3, 0.4) is 0 Å². The second-order valence-electron chi connectivity index (χ2n) is 3.88. The zero-order valence-corrected chi connectivity index (χ0v) is 9.22. The van der Waals surface area contributed by atoms with E-state index in [9.17, 15) is 0 Å². The van der Waals surface area contributed by atoms with Gasteiger partial charge in [0.1, 0.15) is 5.82 Å². The van der Waals surface area contributed by atoms with Gasteiger partial charge in [0.25, 0.3) is 0 Å². The zero-order valence-electron chi connectivity index (χ0n) is 9.22. The third-order valence-electron chi connectivity index (χ3n) is 2.74. The number of ether oxygens (including phenoxy) is 1. The Labute approximate surface area is 94.8 Å². The molecule has 0 spiro atoms. The topological polar surface area (TPSA) is 67.3 Å². The van der Waals surface area contributed by atoms with E-state index in [-0.39, 0.29) is 6.61 Å². The molecule has 88 valence electrons. The van der Waals surface area contributed by atoms with Crippen molar-refractivity contribution in [3.05, 3.63) is 17.8 Å². The van der Waals surface area contributed by atoms with Gasteiger partial charge in [0.05, 0.1) is 12.3 Å². The van der Waals surface area contributed by atoms with Gasteiger partial charge in [0.15, 0.2) is 0 Å². The second-order valence-corrected chi connectivity index (χ2v) is 3.88. The molecule has 1 aliphatic heterocycles. The van der Waals surface area contributed by atoms with Gasteiger partial charge < -0.3 is 15.2 Å². The van der Waals surface area contributed by atoms with E-state index in [1.165, 1.54) is 0 Å². The minimum Gasteiger partial charge on any atom is -0.395 e. The normalized spacial score (nSPS) is 17.3. The van der Waals surface area contributed by atoms with Gasteiger partial charge in [-0.25, -0.2) is 0 Å². The van der Waals surface area contributed by atoms with Crippen molar-refractivity contribution in [2.75, 3.05) is 31.7 Å². The number of hydrogen-bond acceptors (Lipinski definition) is 5. The number of hydrogen-bond donors (Lipinski definition) is 2. The molecule has 1 aromatic rings. The molecule has 1 aliphatic rings. The molecule has 0 aromatic carbocycles. The summed E-state index contributed by atoms with van der Waals surface area (Å²) in [6.07, 6.45) is 2.05. The molecule has 1 aromatic heterocycles. The molecule has 2 rings (SSSR count). The number of nitrogens with zero attached hydrogens (tertiary/aromatic N) is 2. The lowest BCUT2D eigenvalue weighted by Crippen LogP contribution is -2.16. The molecule has 2 N–H and O–H groups in total. The monoisotopic (exact) mass is 223 g/mol. The summed E-state index contributed by atoms with van der Waals surface area (Å²) in [5.74, 6) is 1.19. The quantitative estimate of drug-likeness (QED) is 0.789. The Balaban J connectivity index is 1.95. The van der Waals surface area contributed by atoms with Crippen LogP contribution in [0.4, 0.5) is 5.82 Å². The number of aliphatic hydroxyl groups excluding tert-OH is 1. The molecule has 2 heterocycles. The van der Waals surface area contributed by atoms with E-state index in [1.807, 2.05) is 12.1 Å². The van der Waals surface area contributed by atoms with Crippen LogP contribution in [0, 0.1) is 0 Å². The summed E-state index contributed by atoms with van der Waals surface area (Å²) in [6, 6.07) is 3.91. The zero-order chi connectivity index (χ0) is 11.2. The lowest BCUT2D eigenvalue weighted by atomic mass is 9.96. The number of nitrogens with one attached hydrogen (secondary N) is 1. The van der Waals surface area contributed by atoms with Crippen LogP contribution >= 0.6 is 0 Å². The largest absolute Gasteiger partial charge is 0.395 e. The summed E-state index contributed by atoms with van der Waals surface area (Å²) in [6.45, 7) is 2.24. The van der Waals surface area contributed by atoms with Crippen LogP contribution < -0.4 is 5.32 Å². The highest BCUT2D eigenvalue weighted by molar-refractivity contribution is 5.33. The average Bonchev–Trinajstić information content (AvgIpc) is 2.38. The molecule has 5 heteroatoms. The van der Waals surface area contributed by atoms with Crippen molar-refractivity contribution in [1.82, 2.24) is 10.2 Å². The van der Waals surface area contributed by atoms with E-state index < -0.39 is 0 Å². The predicted octanol–water partition coefficient (Wildman–Crippen LogP) is 0.775. The first kappa shape index (κ1) is 11.3. The Kier molecular flexibility index (Phi) is 4.07. The van der Waals surface area contributed by atoms with Crippen LogP contribution in [0.15, 0.2) is 12.1 Å². The van der Waals surface area contributed by atoms with Crippen molar-refractivity contribution < 1.29 is 9.84 Å². The van der Waals surface area contributed by atoms with Gasteiger partial charge in [0, 0.05) is 25.7 Å². The Morgan fingerprint density at radius 1 is 1.31 bits per heavy atom. The molecule has 5 nitrogen and oxygen atoms in total. The van der Waals surface area contributed by atoms with Gasteiger partial charge in [-0.15, -0.1) is 5.10 Å². The van der Waals surface area contributed by atoms with Crippen molar-refractivity contribution >= 4 is 5.82 Å². The van der Waals surface area contributed by atoms with Gasteiger partial charge >= 0.3 is 0 Å². The molecule has 16 heavy (non-hydrogen) atoms. The summed E-state index contributed by atoms with van der Waals surface area (Å²) in [5.41, 5.74) is 1.04. The number of anilines is 1. The fraction of sp³-hybridized carbons (Fsp3) is 0.636. The Morgan fingerprint density at radius 3 is 2.75 bits per heavy atom. The predicted molar refractivity (Wildman–Crippen MR) is 60.4 cm³/mol. The minimum atomic E-state index is 0.101. The van der Waals surface area contributed by atoms with Crippen LogP contribution in [0.2, 0.25) is 0 Å². The smallest absolute Gasteiger partial charge is 0.148 e. The molecule has 0 bridgehead atoms. The third-order valence-corrected chi connectivity index (χ3v) is 2.74. The van der Waals surface area contributed by atoms with Crippen molar-refractivity contribution in [2.45, 2.75) is 18.8 Å². The molecule has 0 aliphatic carbocycles. The summed E-state index contributed by atoms with van der Waals surface area (Å²) in [5, 5.41) is 19.9. The number of aromatic nitrogens is 2. The Bertz CT molecular complexity index is 310. The van der Waals surface area contributed by atoms with E-state index in [2.05, 4.69) is 15.5 Å². The molecule has 1 fully saturated rings. The van der Waals surface area contributed by atoms with Crippen molar-refractivity contribution in [3.8, 4) is 0 Å². The standard InChI is InChI=1S/C11H17N3O2/c15-6-5-12-11-2-1-10(13-14-11)9-3-7-16-8-4-9/h1-2,9,15H,3-8H2,(H,12,14). The van der Waals surface area contributed by atoms with E-state index in [1.54, 1.807) is 0 Å². The maximum Gasteiger partial charge on any atom is 0.148 e. The molecule has 0 radical (unpaired) electrons. The fourth-order valence-electron chi connectivity index (χ4n) is 1.83. The summed E-state index contributed by atoms with van der Waals surface area (Å²) in [7, 11) is 0. The Hall–Kier alpha value is -1.20. The molecule has 0 unspecified atom stereocenters. The van der Waals surface area contributed by atoms with Crippen molar-refractivity contribution in [2.24, 2.45) is 0 Å². The summed E-state index contributed by atoms with van der Waals surface area (Å²) < 4.78 is 5.31. The SMILES string of the molecule is OCCNc1ccc(C2CCOCC2)nn1. The fourth-order valence-corrected chi connectivity index (χ4v) is 1.83. The van der Waals surface area contributed by atoms with Gasteiger partial charge in [-0.1, -0.05) is 0 Å². The van der Waals surface area contributed by atoms with Crippen LogP contribution in [-0.2, 0) is 4.74 Å². The van der Waals surface area contributed by atoms with Crippen molar-refractivity contribution in [3.63, 3.8) is 0 Å². The molecular formula is C11H17N3O2. The van der Waals surface area contributed by atoms with Gasteiger partial charge in [0.2, 0.25) is 0 Å². The molecular weight excluding hydrogens is 206 g/mol. The first-order valence-corrected chi connectivity index (χ1v) is 5.66. The summed E-state index contributed by atoms with van der Waals surface area (Å²) in [4.78, 5) is 0. The van der Waals surface area contributed by atoms with Crippen LogP contribution in [-0.4, -0.2) is 41.7 Å². The van der Waals surface area contributed by atoms with E-state index in [0.717, 1.165) is 31.7 Å². The highest BCUT2D eigenvalue weighted by Gasteiger charge is 2.17. The second kappa shape index (κ2) is 5.77. The average molecular weight is 223 g/mol. The van der Waals surface area contributed by atoms with E-state index in [0.29, 0.717) is 18.3 Å². The van der Waals surface area contributed by atoms with Gasteiger partial charge in [-0.3, -0.25) is 0 Å². The summed E-state index contributed by atoms with van der Waals surface area (Å²) >= 11 is 0.